The van der Waals surface area contributed by atoms with Gasteiger partial charge in [0.2, 0.25) is 0 Å². The lowest BCUT2D eigenvalue weighted by molar-refractivity contribution is 0.499. The minimum absolute atomic E-state index is 0.464. The Labute approximate surface area is 130 Å². The first-order chi connectivity index (χ1) is 9.83. The zero-order chi connectivity index (χ0) is 14.2. The molecule has 0 aliphatic heterocycles. The zero-order valence-electron chi connectivity index (χ0n) is 12.3. The fourth-order valence-corrected chi connectivity index (χ4v) is 3.40. The molecule has 1 nitrogen and oxygen atoms in total. The highest BCUT2D eigenvalue weighted by Crippen LogP contribution is 2.23. The van der Waals surface area contributed by atoms with Crippen LogP contribution in [0.15, 0.2) is 46.0 Å². The van der Waals surface area contributed by atoms with Crippen molar-refractivity contribution in [1.82, 2.24) is 5.32 Å². The van der Waals surface area contributed by atoms with Gasteiger partial charge in [-0.15, -0.1) is 11.8 Å². The quantitative estimate of drug-likeness (QED) is 0.677. The Kier molecular flexibility index (Phi) is 6.64. The third-order valence-corrected chi connectivity index (χ3v) is 4.94. The molecule has 2 rings (SSSR count). The van der Waals surface area contributed by atoms with Crippen LogP contribution in [0.5, 0.6) is 0 Å². The third-order valence-electron chi connectivity index (χ3n) is 3.46. The van der Waals surface area contributed by atoms with Crippen LogP contribution in [-0.2, 0) is 6.42 Å². The van der Waals surface area contributed by atoms with Crippen LogP contribution in [0.1, 0.15) is 36.9 Å². The molecule has 1 unspecified atom stereocenters. The lowest BCUT2D eigenvalue weighted by Gasteiger charge is -2.19. The molecule has 0 aliphatic carbocycles. The van der Waals surface area contributed by atoms with Gasteiger partial charge in [-0.2, -0.15) is 11.3 Å². The van der Waals surface area contributed by atoms with E-state index in [2.05, 4.69) is 59.6 Å². The Hall–Kier alpha value is -0.770. The number of benzene rings is 1. The molecule has 0 aliphatic rings. The highest BCUT2D eigenvalue weighted by atomic mass is 32.2. The molecule has 20 heavy (non-hydrogen) atoms. The Morgan fingerprint density at radius 1 is 1.20 bits per heavy atom. The van der Waals surface area contributed by atoms with Crippen LogP contribution in [0.3, 0.4) is 0 Å². The van der Waals surface area contributed by atoms with E-state index in [4.69, 9.17) is 0 Å². The molecule has 1 atom stereocenters. The van der Waals surface area contributed by atoms with Gasteiger partial charge in [-0.05, 0) is 72.1 Å². The van der Waals surface area contributed by atoms with E-state index in [-0.39, 0.29) is 0 Å². The predicted molar refractivity (Wildman–Crippen MR) is 91.9 cm³/mol. The monoisotopic (exact) mass is 305 g/mol. The van der Waals surface area contributed by atoms with Crippen molar-refractivity contribution in [2.75, 3.05) is 12.8 Å². The average Bonchev–Trinajstić information content (AvgIpc) is 3.01. The lowest BCUT2D eigenvalue weighted by atomic mass is 10.00. The highest BCUT2D eigenvalue weighted by Gasteiger charge is 2.11. The molecule has 3 heteroatoms. The normalized spacial score (nSPS) is 12.5. The van der Waals surface area contributed by atoms with Crippen molar-refractivity contribution in [3.8, 4) is 0 Å². The molecule has 1 aromatic carbocycles. The van der Waals surface area contributed by atoms with Crippen molar-refractivity contribution >= 4 is 23.1 Å². The van der Waals surface area contributed by atoms with Gasteiger partial charge in [-0.25, -0.2) is 0 Å². The van der Waals surface area contributed by atoms with Gasteiger partial charge < -0.3 is 5.32 Å². The van der Waals surface area contributed by atoms with E-state index in [0.717, 1.165) is 19.4 Å². The molecule has 0 amide bonds. The van der Waals surface area contributed by atoms with E-state index < -0.39 is 0 Å². The fourth-order valence-electron chi connectivity index (χ4n) is 2.29. The maximum Gasteiger partial charge on any atom is 0.0323 e. The number of hydrogen-bond acceptors (Lipinski definition) is 3. The number of hydrogen-bond donors (Lipinski definition) is 1. The second-order valence-electron chi connectivity index (χ2n) is 4.95. The van der Waals surface area contributed by atoms with Crippen LogP contribution < -0.4 is 5.32 Å². The van der Waals surface area contributed by atoms with Gasteiger partial charge in [0.05, 0.1) is 0 Å². The lowest BCUT2D eigenvalue weighted by Crippen LogP contribution is -2.22. The number of aryl methyl sites for hydroxylation is 1. The molecule has 0 saturated heterocycles. The van der Waals surface area contributed by atoms with Crippen molar-refractivity contribution in [2.24, 2.45) is 0 Å². The Morgan fingerprint density at radius 3 is 2.60 bits per heavy atom. The molecular weight excluding hydrogens is 282 g/mol. The van der Waals surface area contributed by atoms with Crippen LogP contribution in [0, 0.1) is 0 Å². The molecule has 108 valence electrons. The Bertz CT molecular complexity index is 476. The van der Waals surface area contributed by atoms with Crippen LogP contribution in [-0.4, -0.2) is 12.8 Å². The third kappa shape index (κ3) is 4.65. The molecular formula is C17H23NS2. The molecule has 2 aromatic rings. The summed E-state index contributed by atoms with van der Waals surface area (Å²) in [6, 6.07) is 11.7. The standard InChI is InChI=1S/C17H23NS2/c1-3-11-18-17(9-4-14-10-12-20-13-14)15-5-7-16(19-2)8-6-15/h5-8,10,12-13,17-18H,3-4,9,11H2,1-2H3. The van der Waals surface area contributed by atoms with Crippen molar-refractivity contribution < 1.29 is 0 Å². The fraction of sp³-hybridized carbons (Fsp3) is 0.412. The van der Waals surface area contributed by atoms with E-state index in [1.807, 2.05) is 0 Å². The second-order valence-corrected chi connectivity index (χ2v) is 6.61. The van der Waals surface area contributed by atoms with Crippen molar-refractivity contribution in [2.45, 2.75) is 37.1 Å². The Balaban J connectivity index is 2.01. The van der Waals surface area contributed by atoms with E-state index >= 15 is 0 Å². The Morgan fingerprint density at radius 2 is 2.00 bits per heavy atom. The van der Waals surface area contributed by atoms with Crippen LogP contribution in [0.4, 0.5) is 0 Å². The van der Waals surface area contributed by atoms with Gasteiger partial charge in [0.1, 0.15) is 0 Å². The summed E-state index contributed by atoms with van der Waals surface area (Å²) >= 11 is 3.59. The smallest absolute Gasteiger partial charge is 0.0323 e. The first-order valence-electron chi connectivity index (χ1n) is 7.22. The minimum Gasteiger partial charge on any atom is -0.310 e. The van der Waals surface area contributed by atoms with E-state index in [9.17, 15) is 0 Å². The molecule has 1 heterocycles. The number of thiophene rings is 1. The van der Waals surface area contributed by atoms with Crippen LogP contribution >= 0.6 is 23.1 Å². The molecule has 0 spiro atoms. The van der Waals surface area contributed by atoms with Gasteiger partial charge in [0.15, 0.2) is 0 Å². The van der Waals surface area contributed by atoms with Crippen molar-refractivity contribution in [3.63, 3.8) is 0 Å². The summed E-state index contributed by atoms with van der Waals surface area (Å²) in [5.74, 6) is 0. The molecule has 1 N–H and O–H groups in total. The van der Waals surface area contributed by atoms with E-state index in [1.54, 1.807) is 23.1 Å². The summed E-state index contributed by atoms with van der Waals surface area (Å²) in [7, 11) is 0. The summed E-state index contributed by atoms with van der Waals surface area (Å²) in [6.45, 7) is 3.30. The van der Waals surface area contributed by atoms with Gasteiger partial charge in [0, 0.05) is 10.9 Å². The summed E-state index contributed by atoms with van der Waals surface area (Å²) < 4.78 is 0. The number of rotatable bonds is 8. The average molecular weight is 306 g/mol. The SMILES string of the molecule is CCCNC(CCc1ccsc1)c1ccc(SC)cc1. The van der Waals surface area contributed by atoms with E-state index in [0.29, 0.717) is 6.04 Å². The molecule has 0 radical (unpaired) electrons. The summed E-state index contributed by atoms with van der Waals surface area (Å²) in [5, 5.41) is 8.10. The molecule has 0 fully saturated rings. The first kappa shape index (κ1) is 15.6. The topological polar surface area (TPSA) is 12.0 Å². The van der Waals surface area contributed by atoms with Crippen molar-refractivity contribution in [1.29, 1.82) is 0 Å². The largest absolute Gasteiger partial charge is 0.310 e. The van der Waals surface area contributed by atoms with Crippen LogP contribution in [0.2, 0.25) is 0 Å². The van der Waals surface area contributed by atoms with Crippen LogP contribution in [0.25, 0.3) is 0 Å². The van der Waals surface area contributed by atoms with Gasteiger partial charge in [0.25, 0.3) is 0 Å². The molecule has 1 aromatic heterocycles. The maximum absolute atomic E-state index is 3.68. The summed E-state index contributed by atoms with van der Waals surface area (Å²) in [4.78, 5) is 1.33. The van der Waals surface area contributed by atoms with Gasteiger partial charge in [-0.1, -0.05) is 19.1 Å². The van der Waals surface area contributed by atoms with Crippen molar-refractivity contribution in [3.05, 3.63) is 52.2 Å². The number of nitrogens with one attached hydrogen (secondary N) is 1. The molecule has 0 saturated carbocycles. The number of thioether (sulfide) groups is 1. The van der Waals surface area contributed by atoms with Gasteiger partial charge in [-0.3, -0.25) is 0 Å². The summed E-state index contributed by atoms with van der Waals surface area (Å²) in [5.41, 5.74) is 2.87. The predicted octanol–water partition coefficient (Wildman–Crippen LogP) is 5.14. The summed E-state index contributed by atoms with van der Waals surface area (Å²) in [6.07, 6.45) is 5.61. The highest BCUT2D eigenvalue weighted by molar-refractivity contribution is 7.98. The minimum atomic E-state index is 0.464. The molecule has 0 bridgehead atoms. The first-order valence-corrected chi connectivity index (χ1v) is 9.38. The zero-order valence-corrected chi connectivity index (χ0v) is 13.9. The second kappa shape index (κ2) is 8.50. The van der Waals surface area contributed by atoms with Gasteiger partial charge >= 0.3 is 0 Å². The van der Waals surface area contributed by atoms with E-state index in [1.165, 1.54) is 22.4 Å². The maximum atomic E-state index is 3.68.